The summed E-state index contributed by atoms with van der Waals surface area (Å²) in [7, 11) is 1.76. The van der Waals surface area contributed by atoms with E-state index in [4.69, 9.17) is 10.5 Å². The molecule has 0 saturated carbocycles. The number of aliphatic imine (C=N–C) groups is 1. The lowest BCUT2D eigenvalue weighted by Gasteiger charge is -2.31. The number of hydrogen-bond acceptors (Lipinski definition) is 4. The van der Waals surface area contributed by atoms with E-state index in [1.807, 2.05) is 30.3 Å². The van der Waals surface area contributed by atoms with Crippen molar-refractivity contribution in [1.29, 1.82) is 0 Å². The SMILES string of the molecule is CN=C(NCCOc1ccccc1)NCc1cccc(CN2CCCC(C(N)=O)C2)c1. The van der Waals surface area contributed by atoms with Gasteiger partial charge in [0.25, 0.3) is 0 Å². The molecule has 1 aliphatic heterocycles. The second kappa shape index (κ2) is 12.0. The van der Waals surface area contributed by atoms with Crippen molar-refractivity contribution in [2.24, 2.45) is 16.6 Å². The lowest BCUT2D eigenvalue weighted by atomic mass is 9.97. The number of nitrogens with zero attached hydrogens (tertiary/aromatic N) is 2. The Balaban J connectivity index is 1.42. The van der Waals surface area contributed by atoms with Gasteiger partial charge in [0.15, 0.2) is 5.96 Å². The minimum Gasteiger partial charge on any atom is -0.492 e. The summed E-state index contributed by atoms with van der Waals surface area (Å²) in [5.74, 6) is 1.39. The Bertz CT molecular complexity index is 856. The molecule has 2 aromatic rings. The normalized spacial score (nSPS) is 17.2. The molecule has 1 heterocycles. The first kappa shape index (κ1) is 22.6. The zero-order chi connectivity index (χ0) is 21.9. The number of carbonyl (C=O) groups is 1. The van der Waals surface area contributed by atoms with Crippen molar-refractivity contribution in [3.8, 4) is 5.75 Å². The molecule has 1 aliphatic rings. The van der Waals surface area contributed by atoms with Crippen molar-refractivity contribution in [2.45, 2.75) is 25.9 Å². The fourth-order valence-corrected chi connectivity index (χ4v) is 3.79. The highest BCUT2D eigenvalue weighted by atomic mass is 16.5. The molecule has 3 rings (SSSR count). The van der Waals surface area contributed by atoms with Crippen LogP contribution < -0.4 is 21.1 Å². The van der Waals surface area contributed by atoms with Crippen molar-refractivity contribution in [3.63, 3.8) is 0 Å². The van der Waals surface area contributed by atoms with Gasteiger partial charge in [0.2, 0.25) is 5.91 Å². The average molecular weight is 424 g/mol. The van der Waals surface area contributed by atoms with Gasteiger partial charge >= 0.3 is 0 Å². The molecule has 7 heteroatoms. The minimum absolute atomic E-state index is 0.0288. The van der Waals surface area contributed by atoms with E-state index in [1.165, 1.54) is 11.1 Å². The molecule has 1 atom stereocenters. The van der Waals surface area contributed by atoms with Gasteiger partial charge < -0.3 is 21.1 Å². The van der Waals surface area contributed by atoms with Crippen LogP contribution >= 0.6 is 0 Å². The number of rotatable bonds is 9. The van der Waals surface area contributed by atoms with E-state index in [0.717, 1.165) is 44.2 Å². The van der Waals surface area contributed by atoms with Crippen LogP contribution in [0.1, 0.15) is 24.0 Å². The van der Waals surface area contributed by atoms with E-state index in [9.17, 15) is 4.79 Å². The van der Waals surface area contributed by atoms with Crippen LogP contribution in [0.5, 0.6) is 5.75 Å². The first-order chi connectivity index (χ1) is 15.1. The average Bonchev–Trinajstić information content (AvgIpc) is 2.80. The molecule has 7 nitrogen and oxygen atoms in total. The quantitative estimate of drug-likeness (QED) is 0.326. The van der Waals surface area contributed by atoms with Gasteiger partial charge in [0, 0.05) is 26.7 Å². The predicted octanol–water partition coefficient (Wildman–Crippen LogP) is 2.13. The molecule has 0 aliphatic carbocycles. The molecule has 0 bridgehead atoms. The van der Waals surface area contributed by atoms with Crippen molar-refractivity contribution in [1.82, 2.24) is 15.5 Å². The van der Waals surface area contributed by atoms with Gasteiger partial charge in [-0.05, 0) is 42.6 Å². The van der Waals surface area contributed by atoms with Gasteiger partial charge in [-0.25, -0.2) is 0 Å². The third-order valence-electron chi connectivity index (χ3n) is 5.40. The number of ether oxygens (including phenoxy) is 1. The van der Waals surface area contributed by atoms with E-state index in [0.29, 0.717) is 19.7 Å². The number of guanidine groups is 1. The highest BCUT2D eigenvalue weighted by molar-refractivity contribution is 5.79. The molecule has 31 heavy (non-hydrogen) atoms. The number of para-hydroxylation sites is 1. The maximum absolute atomic E-state index is 11.5. The van der Waals surface area contributed by atoms with Crippen molar-refractivity contribution < 1.29 is 9.53 Å². The van der Waals surface area contributed by atoms with Gasteiger partial charge in [0.05, 0.1) is 12.5 Å². The molecule has 1 unspecified atom stereocenters. The van der Waals surface area contributed by atoms with Crippen LogP contribution in [-0.2, 0) is 17.9 Å². The third-order valence-corrected chi connectivity index (χ3v) is 5.40. The van der Waals surface area contributed by atoms with E-state index < -0.39 is 0 Å². The largest absolute Gasteiger partial charge is 0.492 e. The summed E-state index contributed by atoms with van der Waals surface area (Å²) in [6, 6.07) is 18.3. The lowest BCUT2D eigenvalue weighted by molar-refractivity contribution is -0.123. The third kappa shape index (κ3) is 7.61. The Morgan fingerprint density at radius 1 is 1.16 bits per heavy atom. The number of primary amides is 1. The molecule has 1 amide bonds. The maximum Gasteiger partial charge on any atom is 0.221 e. The smallest absolute Gasteiger partial charge is 0.221 e. The van der Waals surface area contributed by atoms with E-state index in [-0.39, 0.29) is 11.8 Å². The topological polar surface area (TPSA) is 92.0 Å². The molecular formula is C24H33N5O2. The van der Waals surface area contributed by atoms with Gasteiger partial charge in [-0.2, -0.15) is 0 Å². The summed E-state index contributed by atoms with van der Waals surface area (Å²) in [4.78, 5) is 18.1. The summed E-state index contributed by atoms with van der Waals surface area (Å²) >= 11 is 0. The molecular weight excluding hydrogens is 390 g/mol. The fourth-order valence-electron chi connectivity index (χ4n) is 3.79. The molecule has 0 aromatic heterocycles. The standard InChI is InChI=1S/C24H33N5O2/c1-26-24(27-12-14-31-22-10-3-2-4-11-22)28-16-19-7-5-8-20(15-19)17-29-13-6-9-21(18-29)23(25)30/h2-5,7-8,10-11,15,21H,6,9,12-14,16-18H2,1H3,(H2,25,30)(H2,26,27,28). The van der Waals surface area contributed by atoms with E-state index >= 15 is 0 Å². The molecule has 4 N–H and O–H groups in total. The van der Waals surface area contributed by atoms with Crippen molar-refractivity contribution in [3.05, 3.63) is 65.7 Å². The molecule has 1 fully saturated rings. The minimum atomic E-state index is -0.185. The van der Waals surface area contributed by atoms with Crippen molar-refractivity contribution in [2.75, 3.05) is 33.3 Å². The van der Waals surface area contributed by atoms with Crippen LogP contribution in [0.2, 0.25) is 0 Å². The summed E-state index contributed by atoms with van der Waals surface area (Å²) in [5.41, 5.74) is 7.93. The van der Waals surface area contributed by atoms with Gasteiger partial charge in [-0.15, -0.1) is 0 Å². The van der Waals surface area contributed by atoms with Crippen LogP contribution in [0.3, 0.4) is 0 Å². The van der Waals surface area contributed by atoms with Gasteiger partial charge in [-0.1, -0.05) is 42.5 Å². The first-order valence-electron chi connectivity index (χ1n) is 10.9. The van der Waals surface area contributed by atoms with Gasteiger partial charge in [0.1, 0.15) is 12.4 Å². The van der Waals surface area contributed by atoms with Crippen LogP contribution in [0, 0.1) is 5.92 Å². The van der Waals surface area contributed by atoms with Crippen LogP contribution in [0.25, 0.3) is 0 Å². The molecule has 1 saturated heterocycles. The number of piperidine rings is 1. The zero-order valence-corrected chi connectivity index (χ0v) is 18.2. The molecule has 0 radical (unpaired) electrons. The van der Waals surface area contributed by atoms with Gasteiger partial charge in [-0.3, -0.25) is 14.7 Å². The summed E-state index contributed by atoms with van der Waals surface area (Å²) in [6.45, 7) is 4.48. The molecule has 0 spiro atoms. The Labute approximate surface area is 184 Å². The molecule has 166 valence electrons. The van der Waals surface area contributed by atoms with E-state index in [1.54, 1.807) is 7.05 Å². The lowest BCUT2D eigenvalue weighted by Crippen LogP contribution is -2.40. The number of nitrogens with two attached hydrogens (primary N) is 1. The summed E-state index contributed by atoms with van der Waals surface area (Å²) in [5, 5.41) is 6.61. The fraction of sp³-hybridized carbons (Fsp3) is 0.417. The number of hydrogen-bond donors (Lipinski definition) is 3. The zero-order valence-electron chi connectivity index (χ0n) is 18.2. The van der Waals surface area contributed by atoms with Crippen LogP contribution in [0.4, 0.5) is 0 Å². The Hall–Kier alpha value is -3.06. The predicted molar refractivity (Wildman–Crippen MR) is 124 cm³/mol. The summed E-state index contributed by atoms with van der Waals surface area (Å²) < 4.78 is 5.70. The number of amides is 1. The highest BCUT2D eigenvalue weighted by Crippen LogP contribution is 2.18. The number of nitrogens with one attached hydrogen (secondary N) is 2. The van der Waals surface area contributed by atoms with E-state index in [2.05, 4.69) is 44.8 Å². The van der Waals surface area contributed by atoms with Crippen molar-refractivity contribution >= 4 is 11.9 Å². The monoisotopic (exact) mass is 423 g/mol. The maximum atomic E-state index is 11.5. The second-order valence-electron chi connectivity index (χ2n) is 7.81. The molecule has 2 aromatic carbocycles. The number of likely N-dealkylation sites (tertiary alicyclic amines) is 1. The highest BCUT2D eigenvalue weighted by Gasteiger charge is 2.23. The number of benzene rings is 2. The number of carbonyl (C=O) groups excluding carboxylic acids is 1. The summed E-state index contributed by atoms with van der Waals surface area (Å²) in [6.07, 6.45) is 1.92. The Kier molecular flexibility index (Phi) is 8.72. The first-order valence-corrected chi connectivity index (χ1v) is 10.9. The van der Waals surface area contributed by atoms with Crippen LogP contribution in [0.15, 0.2) is 59.6 Å². The second-order valence-corrected chi connectivity index (χ2v) is 7.81. The van der Waals surface area contributed by atoms with Crippen LogP contribution in [-0.4, -0.2) is 50.1 Å². The Morgan fingerprint density at radius 2 is 1.97 bits per heavy atom. The Morgan fingerprint density at radius 3 is 2.74 bits per heavy atom.